The largest absolute Gasteiger partial charge is 0.474 e. The molecule has 5 aliphatic rings. The highest BCUT2D eigenvalue weighted by Gasteiger charge is 2.33. The molecule has 0 amide bonds. The zero-order valence-electron chi connectivity index (χ0n) is 59.2. The Morgan fingerprint density at radius 3 is 1.44 bits per heavy atom. The van der Waals surface area contributed by atoms with Crippen molar-refractivity contribution in [1.29, 1.82) is 0 Å². The van der Waals surface area contributed by atoms with Crippen molar-refractivity contribution in [1.82, 2.24) is 63.5 Å². The monoisotopic (exact) mass is 1360 g/mol. The fraction of sp³-hybridized carbons (Fsp3) is 0.587. The van der Waals surface area contributed by atoms with E-state index in [0.717, 1.165) is 178 Å². The molecule has 0 bridgehead atoms. The van der Waals surface area contributed by atoms with E-state index in [1.54, 1.807) is 21.3 Å². The molecule has 9 aromatic rings. The number of aromatic nitrogens is 13. The summed E-state index contributed by atoms with van der Waals surface area (Å²) in [4.78, 5) is 22.6. The zero-order chi connectivity index (χ0) is 69.0. The Labute approximate surface area is 581 Å². The second-order valence-electron chi connectivity index (χ2n) is 28.8. The highest BCUT2D eigenvalue weighted by atomic mass is 16.5. The lowest BCUT2D eigenvalue weighted by Crippen LogP contribution is -2.30. The normalized spacial score (nSPS) is 22.6. The van der Waals surface area contributed by atoms with E-state index >= 15 is 0 Å². The molecule has 0 spiro atoms. The van der Waals surface area contributed by atoms with E-state index in [2.05, 4.69) is 88.0 Å². The number of aliphatic hydroxyl groups excluding tert-OH is 2. The zero-order valence-corrected chi connectivity index (χ0v) is 59.2. The van der Waals surface area contributed by atoms with E-state index in [1.807, 2.05) is 96.6 Å². The van der Waals surface area contributed by atoms with Crippen molar-refractivity contribution < 1.29 is 39.0 Å². The number of nitrogens with one attached hydrogen (secondary N) is 3. The first-order chi connectivity index (χ1) is 48.1. The number of ether oxygens (including phenoxy) is 5. The summed E-state index contributed by atoms with van der Waals surface area (Å²) in [6, 6.07) is 15.3. The second kappa shape index (κ2) is 33.2. The maximum absolute atomic E-state index is 10.4. The molecule has 24 heteroatoms. The van der Waals surface area contributed by atoms with Crippen molar-refractivity contribution in [3.8, 4) is 39.3 Å². The van der Waals surface area contributed by atoms with Gasteiger partial charge in [0.1, 0.15) is 6.10 Å². The van der Waals surface area contributed by atoms with Crippen LogP contribution in [0.3, 0.4) is 0 Å². The van der Waals surface area contributed by atoms with Gasteiger partial charge in [0.15, 0.2) is 0 Å². The number of hydrogen-bond acceptors (Lipinski definition) is 20. The maximum atomic E-state index is 10.4. The minimum absolute atomic E-state index is 0.0976. The summed E-state index contributed by atoms with van der Waals surface area (Å²) >= 11 is 0. The molecule has 14 rings (SSSR count). The predicted octanol–water partition coefficient (Wildman–Crippen LogP) is 12.4. The average Bonchev–Trinajstić information content (AvgIpc) is 1.64. The molecule has 1 aliphatic heterocycles. The van der Waals surface area contributed by atoms with Crippen LogP contribution in [-0.2, 0) is 25.5 Å². The molecular formula is C75H104N16O8. The molecule has 532 valence electrons. The number of anilines is 3. The highest BCUT2D eigenvalue weighted by Crippen LogP contribution is 2.43. The predicted molar refractivity (Wildman–Crippen MR) is 384 cm³/mol. The van der Waals surface area contributed by atoms with E-state index in [0.29, 0.717) is 67.2 Å². The van der Waals surface area contributed by atoms with Gasteiger partial charge >= 0.3 is 0 Å². The van der Waals surface area contributed by atoms with Gasteiger partial charge in [0.05, 0.1) is 79.0 Å². The van der Waals surface area contributed by atoms with Gasteiger partial charge in [-0.2, -0.15) is 5.10 Å². The van der Waals surface area contributed by atoms with Crippen molar-refractivity contribution in [3.05, 3.63) is 109 Å². The molecule has 24 nitrogen and oxygen atoms in total. The van der Waals surface area contributed by atoms with Crippen LogP contribution in [0, 0.1) is 12.8 Å². The lowest BCUT2D eigenvalue weighted by atomic mass is 9.78. The number of pyridine rings is 2. The van der Waals surface area contributed by atoms with Crippen LogP contribution in [0.25, 0.3) is 49.9 Å². The highest BCUT2D eigenvalue weighted by molar-refractivity contribution is 5.83. The van der Waals surface area contributed by atoms with Crippen molar-refractivity contribution >= 4 is 34.4 Å². The van der Waals surface area contributed by atoms with Crippen LogP contribution in [0.15, 0.2) is 85.8 Å². The molecule has 9 aromatic heterocycles. The van der Waals surface area contributed by atoms with Gasteiger partial charge in [0, 0.05) is 147 Å². The first-order valence-electron chi connectivity index (χ1n) is 36.2. The fourth-order valence-electron chi connectivity index (χ4n) is 15.1. The van der Waals surface area contributed by atoms with Crippen molar-refractivity contribution in [2.24, 2.45) is 5.92 Å². The van der Waals surface area contributed by atoms with Gasteiger partial charge in [-0.1, -0.05) is 6.42 Å². The number of aryl methyl sites for hydroxylation is 1. The van der Waals surface area contributed by atoms with Crippen molar-refractivity contribution in [2.75, 3.05) is 70.3 Å². The maximum Gasteiger partial charge on any atom is 0.241 e. The molecule has 6 N–H and O–H groups in total. The minimum atomic E-state index is -0.564. The molecule has 4 aliphatic carbocycles. The average molecular weight is 1360 g/mol. The Morgan fingerprint density at radius 2 is 0.980 bits per heavy atom. The molecule has 0 radical (unpaired) electrons. The van der Waals surface area contributed by atoms with Crippen LogP contribution in [0.1, 0.15) is 190 Å². The Hall–Kier alpha value is -7.71. The Morgan fingerprint density at radius 1 is 0.535 bits per heavy atom. The lowest BCUT2D eigenvalue weighted by Gasteiger charge is -2.32. The van der Waals surface area contributed by atoms with Gasteiger partial charge in [-0.25, -0.2) is 33.5 Å². The molecule has 1 saturated heterocycles. The Balaban J connectivity index is 0.000000141. The van der Waals surface area contributed by atoms with Gasteiger partial charge in [0.25, 0.3) is 0 Å². The summed E-state index contributed by atoms with van der Waals surface area (Å²) in [6.45, 7) is 14.4. The SMILES string of the molecule is COC[C@H](C)Nc1ncc2c(-c3ccnc(C)c3)cc(C3CCC(C)(O)CC3)n2n1.COC[C@H](C)Nc1ncc2c(-c3ccnc(OC4CCCCC4)c3)cc(C3CCC(O)CC3)n2n1.COC[C@H](C)Nc1ncc2c(-c3cnn(CC4CCOCC4)c3)cc(C3CCC(O)CC3)n2n1. The third-order valence-electron chi connectivity index (χ3n) is 20.5. The first kappa shape index (κ1) is 71.1. The van der Waals surface area contributed by atoms with E-state index in [-0.39, 0.29) is 36.4 Å². The van der Waals surface area contributed by atoms with E-state index in [4.69, 9.17) is 39.0 Å². The number of aliphatic hydroxyl groups is 3. The van der Waals surface area contributed by atoms with E-state index < -0.39 is 5.60 Å². The Kier molecular flexibility index (Phi) is 23.8. The smallest absolute Gasteiger partial charge is 0.241 e. The Bertz CT molecular complexity index is 4040. The van der Waals surface area contributed by atoms with Crippen molar-refractivity contribution in [3.63, 3.8) is 0 Å². The molecule has 4 saturated carbocycles. The third-order valence-corrected chi connectivity index (χ3v) is 20.5. The van der Waals surface area contributed by atoms with Gasteiger partial charge in [-0.15, -0.1) is 15.3 Å². The lowest BCUT2D eigenvalue weighted by molar-refractivity contribution is 0.0167. The third kappa shape index (κ3) is 18.1. The van der Waals surface area contributed by atoms with Crippen LogP contribution in [0.2, 0.25) is 0 Å². The van der Waals surface area contributed by atoms with Crippen LogP contribution in [0.4, 0.5) is 17.8 Å². The molecular weight excluding hydrogens is 1250 g/mol. The van der Waals surface area contributed by atoms with E-state index in [1.165, 1.54) is 36.3 Å². The van der Waals surface area contributed by atoms with Crippen LogP contribution >= 0.6 is 0 Å². The molecule has 10 heterocycles. The molecule has 0 unspecified atom stereocenters. The summed E-state index contributed by atoms with van der Waals surface area (Å²) in [5, 5.41) is 59.7. The number of hydrogen-bond donors (Lipinski definition) is 6. The molecule has 3 atom stereocenters. The summed E-state index contributed by atoms with van der Waals surface area (Å²) in [7, 11) is 5.07. The summed E-state index contributed by atoms with van der Waals surface area (Å²) < 4.78 is 35.6. The topological polar surface area (TPSA) is 277 Å². The first-order valence-corrected chi connectivity index (χ1v) is 36.2. The molecule has 5 fully saturated rings. The van der Waals surface area contributed by atoms with Gasteiger partial charge in [0.2, 0.25) is 23.7 Å². The minimum Gasteiger partial charge on any atom is -0.474 e. The van der Waals surface area contributed by atoms with Crippen LogP contribution in [-0.4, -0.2) is 175 Å². The number of nitrogens with zero attached hydrogens (tertiary/aromatic N) is 13. The van der Waals surface area contributed by atoms with Crippen LogP contribution in [0.5, 0.6) is 5.88 Å². The fourth-order valence-corrected chi connectivity index (χ4v) is 15.1. The van der Waals surface area contributed by atoms with Crippen molar-refractivity contribution in [2.45, 2.75) is 223 Å². The summed E-state index contributed by atoms with van der Waals surface area (Å²) in [5.41, 5.74) is 13.4. The number of fused-ring (bicyclic) bond motifs is 3. The molecule has 99 heavy (non-hydrogen) atoms. The quantitative estimate of drug-likeness (QED) is 0.0368. The van der Waals surface area contributed by atoms with Gasteiger partial charge in [-0.05, 0) is 204 Å². The summed E-state index contributed by atoms with van der Waals surface area (Å²) in [6.07, 6.45) is 32.1. The molecule has 0 aromatic carbocycles. The van der Waals surface area contributed by atoms with Crippen LogP contribution < -0.4 is 20.7 Å². The second-order valence-corrected chi connectivity index (χ2v) is 28.8. The number of methoxy groups -OCH3 is 3. The van der Waals surface area contributed by atoms with Gasteiger partial charge < -0.3 is 55.0 Å². The van der Waals surface area contributed by atoms with E-state index in [9.17, 15) is 15.3 Å². The summed E-state index contributed by atoms with van der Waals surface area (Å²) in [5.74, 6) is 4.12. The standard InChI is InChI=1S/C27H37N5O3.C25H36N6O3.C23H31N5O2/c1-18(17-34-2)30-27-29-16-25-23(15-24(32(25)31-27)19-8-10-21(33)11-9-19)20-12-13-28-26(14-20)35-22-6-4-3-5-7-22;1-17(16-33-2)28-25-26-13-24-22(11-23(31(24)29-25)19-3-5-21(32)6-4-19)20-12-27-30(15-20)14-18-7-9-34-10-8-18;1-15-11-18(7-10-24-15)19-12-20(17-5-8-23(3,29)9-6-17)28-21(19)13-25-22(27-28)26-16(2)14-30-4/h12-16,18-19,21-22,33H,3-11,17H2,1-2H3,(H,30,31);11-13,15,17-19,21,32H,3-10,14,16H2,1-2H3,(H,28,29);7,10-13,16-17,29H,5-6,8-9,14H2,1-4H3,(H,26,27)/t18-,19?,21?;17-,19?,21?;16-,17?,23?/m000/s1. The number of rotatable bonds is 22. The van der Waals surface area contributed by atoms with Gasteiger partial charge in [-0.3, -0.25) is 9.67 Å².